The minimum absolute atomic E-state index is 0.103. The molecule has 3 rings (SSSR count). The highest BCUT2D eigenvalue weighted by molar-refractivity contribution is 7.10. The van der Waals surface area contributed by atoms with Gasteiger partial charge in [-0.1, -0.05) is 43.3 Å². The van der Waals surface area contributed by atoms with E-state index in [0.29, 0.717) is 19.5 Å². The summed E-state index contributed by atoms with van der Waals surface area (Å²) < 4.78 is 0. The quantitative estimate of drug-likeness (QED) is 0.287. The number of benzene rings is 2. The second-order valence-corrected chi connectivity index (χ2v) is 9.26. The number of amides is 2. The van der Waals surface area contributed by atoms with Crippen LogP contribution in [-0.2, 0) is 17.9 Å². The van der Waals surface area contributed by atoms with Crippen molar-refractivity contribution in [1.82, 2.24) is 9.80 Å². The number of carbonyl (C=O) groups is 2. The Balaban J connectivity index is 1.87. The first-order valence-corrected chi connectivity index (χ1v) is 12.1. The van der Waals surface area contributed by atoms with Gasteiger partial charge in [0, 0.05) is 35.2 Å². The summed E-state index contributed by atoms with van der Waals surface area (Å²) in [6, 6.07) is 17.2. The SMILES string of the molecule is CC[C@H](C)N(CC(=O)N(Cc1ccccc1)Cc1sccc1C)C(=O)c1cccc([N+](=O)[O-])c1. The van der Waals surface area contributed by atoms with Crippen LogP contribution in [0.15, 0.2) is 66.0 Å². The number of hydrogen-bond donors (Lipinski definition) is 0. The second-order valence-electron chi connectivity index (χ2n) is 8.26. The Hall–Kier alpha value is -3.52. The summed E-state index contributed by atoms with van der Waals surface area (Å²) in [5.41, 5.74) is 2.18. The van der Waals surface area contributed by atoms with Crippen LogP contribution in [-0.4, -0.2) is 39.1 Å². The molecule has 0 radical (unpaired) electrons. The monoisotopic (exact) mass is 479 g/mol. The average Bonchev–Trinajstić information content (AvgIpc) is 3.25. The number of thiophene rings is 1. The number of aryl methyl sites for hydroxylation is 1. The van der Waals surface area contributed by atoms with Gasteiger partial charge in [-0.05, 0) is 48.9 Å². The van der Waals surface area contributed by atoms with E-state index in [-0.39, 0.29) is 29.7 Å². The van der Waals surface area contributed by atoms with Crippen molar-refractivity contribution in [3.8, 4) is 0 Å². The number of rotatable bonds is 10. The van der Waals surface area contributed by atoms with E-state index in [0.717, 1.165) is 16.0 Å². The van der Waals surface area contributed by atoms with Crippen LogP contribution >= 0.6 is 11.3 Å². The molecule has 1 atom stereocenters. The number of nitro benzene ring substituents is 1. The normalized spacial score (nSPS) is 11.6. The highest BCUT2D eigenvalue weighted by Crippen LogP contribution is 2.21. The number of non-ortho nitro benzene ring substituents is 1. The van der Waals surface area contributed by atoms with Gasteiger partial charge in [-0.15, -0.1) is 11.3 Å². The fraction of sp³-hybridized carbons (Fsp3) is 0.308. The Morgan fingerprint density at radius 2 is 1.79 bits per heavy atom. The Kier molecular flexibility index (Phi) is 8.54. The van der Waals surface area contributed by atoms with Gasteiger partial charge in [-0.3, -0.25) is 19.7 Å². The van der Waals surface area contributed by atoms with Crippen LogP contribution in [0.5, 0.6) is 0 Å². The van der Waals surface area contributed by atoms with Crippen molar-refractivity contribution in [2.45, 2.75) is 46.3 Å². The molecule has 1 aromatic heterocycles. The lowest BCUT2D eigenvalue weighted by atomic mass is 10.1. The summed E-state index contributed by atoms with van der Waals surface area (Å²) >= 11 is 1.60. The molecule has 0 saturated carbocycles. The first kappa shape index (κ1) is 25.1. The summed E-state index contributed by atoms with van der Waals surface area (Å²) in [5.74, 6) is -0.561. The fourth-order valence-electron chi connectivity index (χ4n) is 3.59. The van der Waals surface area contributed by atoms with E-state index in [4.69, 9.17) is 0 Å². The smallest absolute Gasteiger partial charge is 0.270 e. The molecule has 0 saturated heterocycles. The third-order valence-corrected chi connectivity index (χ3v) is 6.87. The maximum Gasteiger partial charge on any atom is 0.270 e. The molecule has 3 aromatic rings. The topological polar surface area (TPSA) is 83.8 Å². The Morgan fingerprint density at radius 1 is 1.06 bits per heavy atom. The standard InChI is InChI=1S/C26H29N3O4S/c1-4-20(3)28(26(31)22-11-8-12-23(15-22)29(32)33)18-25(30)27(16-21-9-6-5-7-10-21)17-24-19(2)13-14-34-24/h5-15,20H,4,16-18H2,1-3H3/t20-/m0/s1. The first-order valence-electron chi connectivity index (χ1n) is 11.2. The molecule has 0 spiro atoms. The minimum Gasteiger partial charge on any atom is -0.332 e. The minimum atomic E-state index is -0.527. The Bertz CT molecular complexity index is 1150. The molecule has 34 heavy (non-hydrogen) atoms. The molecular formula is C26H29N3O4S. The number of hydrogen-bond acceptors (Lipinski definition) is 5. The van der Waals surface area contributed by atoms with Gasteiger partial charge in [0.1, 0.15) is 6.54 Å². The molecule has 0 unspecified atom stereocenters. The van der Waals surface area contributed by atoms with E-state index in [1.54, 1.807) is 22.3 Å². The van der Waals surface area contributed by atoms with Crippen LogP contribution in [0.25, 0.3) is 0 Å². The van der Waals surface area contributed by atoms with Crippen molar-refractivity contribution < 1.29 is 14.5 Å². The fourth-order valence-corrected chi connectivity index (χ4v) is 4.51. The maximum absolute atomic E-state index is 13.6. The Labute approximate surface area is 203 Å². The predicted molar refractivity (Wildman–Crippen MR) is 134 cm³/mol. The lowest BCUT2D eigenvalue weighted by Gasteiger charge is -2.31. The molecule has 2 amide bonds. The summed E-state index contributed by atoms with van der Waals surface area (Å²) in [7, 11) is 0. The third-order valence-electron chi connectivity index (χ3n) is 5.86. The molecule has 0 aliphatic heterocycles. The van der Waals surface area contributed by atoms with Gasteiger partial charge >= 0.3 is 0 Å². The average molecular weight is 480 g/mol. The summed E-state index contributed by atoms with van der Waals surface area (Å²) in [5, 5.41) is 13.2. The van der Waals surface area contributed by atoms with Gasteiger partial charge in [0.2, 0.25) is 5.91 Å². The van der Waals surface area contributed by atoms with Crippen molar-refractivity contribution in [2.75, 3.05) is 6.54 Å². The third kappa shape index (κ3) is 6.29. The second kappa shape index (κ2) is 11.6. The van der Waals surface area contributed by atoms with Crippen LogP contribution in [0.2, 0.25) is 0 Å². The van der Waals surface area contributed by atoms with Gasteiger partial charge in [0.05, 0.1) is 11.5 Å². The van der Waals surface area contributed by atoms with Crippen LogP contribution in [0, 0.1) is 17.0 Å². The summed E-state index contributed by atoms with van der Waals surface area (Å²) in [6.07, 6.45) is 0.649. The van der Waals surface area contributed by atoms with Crippen molar-refractivity contribution >= 4 is 28.8 Å². The van der Waals surface area contributed by atoms with Gasteiger partial charge in [-0.25, -0.2) is 0 Å². The molecule has 0 bridgehead atoms. The molecule has 0 N–H and O–H groups in total. The molecule has 2 aromatic carbocycles. The van der Waals surface area contributed by atoms with E-state index < -0.39 is 10.8 Å². The van der Waals surface area contributed by atoms with Crippen molar-refractivity contribution in [3.05, 3.63) is 97.7 Å². The number of nitrogens with zero attached hydrogens (tertiary/aromatic N) is 3. The van der Waals surface area contributed by atoms with Crippen LogP contribution in [0.3, 0.4) is 0 Å². The summed E-state index contributed by atoms with van der Waals surface area (Å²) in [4.78, 5) is 41.9. The van der Waals surface area contributed by atoms with E-state index in [2.05, 4.69) is 0 Å². The van der Waals surface area contributed by atoms with Crippen molar-refractivity contribution in [3.63, 3.8) is 0 Å². The first-order chi connectivity index (χ1) is 16.3. The lowest BCUT2D eigenvalue weighted by molar-refractivity contribution is -0.384. The van der Waals surface area contributed by atoms with Gasteiger partial charge in [-0.2, -0.15) is 0 Å². The van der Waals surface area contributed by atoms with Gasteiger partial charge in [0.15, 0.2) is 0 Å². The maximum atomic E-state index is 13.6. The van der Waals surface area contributed by atoms with E-state index in [1.807, 2.05) is 62.5 Å². The van der Waals surface area contributed by atoms with Crippen LogP contribution in [0.1, 0.15) is 46.6 Å². The molecule has 0 aliphatic carbocycles. The molecule has 7 nitrogen and oxygen atoms in total. The lowest BCUT2D eigenvalue weighted by Crippen LogP contribution is -2.46. The van der Waals surface area contributed by atoms with Crippen molar-refractivity contribution in [1.29, 1.82) is 0 Å². The molecule has 1 heterocycles. The van der Waals surface area contributed by atoms with E-state index in [9.17, 15) is 19.7 Å². The van der Waals surface area contributed by atoms with Crippen LogP contribution in [0.4, 0.5) is 5.69 Å². The van der Waals surface area contributed by atoms with Gasteiger partial charge in [0.25, 0.3) is 11.6 Å². The van der Waals surface area contributed by atoms with Crippen LogP contribution < -0.4 is 0 Å². The zero-order chi connectivity index (χ0) is 24.7. The molecule has 178 valence electrons. The molecule has 0 aliphatic rings. The zero-order valence-electron chi connectivity index (χ0n) is 19.6. The van der Waals surface area contributed by atoms with E-state index >= 15 is 0 Å². The Morgan fingerprint density at radius 3 is 2.41 bits per heavy atom. The van der Waals surface area contributed by atoms with Gasteiger partial charge < -0.3 is 9.80 Å². The molecule has 8 heteroatoms. The highest BCUT2D eigenvalue weighted by atomic mass is 32.1. The van der Waals surface area contributed by atoms with E-state index in [1.165, 1.54) is 23.1 Å². The highest BCUT2D eigenvalue weighted by Gasteiger charge is 2.27. The predicted octanol–water partition coefficient (Wildman–Crippen LogP) is 5.43. The zero-order valence-corrected chi connectivity index (χ0v) is 20.5. The summed E-state index contributed by atoms with van der Waals surface area (Å²) in [6.45, 7) is 6.63. The number of nitro groups is 1. The largest absolute Gasteiger partial charge is 0.332 e. The number of carbonyl (C=O) groups excluding carboxylic acids is 2. The molecule has 0 fully saturated rings. The van der Waals surface area contributed by atoms with Crippen molar-refractivity contribution in [2.24, 2.45) is 0 Å². The molecular weight excluding hydrogens is 450 g/mol.